The summed E-state index contributed by atoms with van der Waals surface area (Å²) in [6.07, 6.45) is 16.7. The van der Waals surface area contributed by atoms with E-state index in [2.05, 4.69) is 226 Å². The highest BCUT2D eigenvalue weighted by Crippen LogP contribution is 2.41. The lowest BCUT2D eigenvalue weighted by Gasteiger charge is -2.47. The van der Waals surface area contributed by atoms with E-state index in [4.69, 9.17) is 14.2 Å². The number of hydrogen-bond acceptors (Lipinski definition) is 18. The molecule has 14 saturated heterocycles. The van der Waals surface area contributed by atoms with Crippen LogP contribution < -0.4 is 46.7 Å². The van der Waals surface area contributed by atoms with Crippen LogP contribution in [0.4, 0.5) is 14.4 Å². The second kappa shape index (κ2) is 34.5. The van der Waals surface area contributed by atoms with Gasteiger partial charge in [0.2, 0.25) is 17.7 Å². The number of carbonyl (C=O) groups excluding carboxylic acids is 6. The summed E-state index contributed by atoms with van der Waals surface area (Å²) in [5.74, 6) is 0.536. The smallest absolute Gasteiger partial charge is 0.407 e. The number of alkyl carbamates (subject to hydrolysis) is 2. The van der Waals surface area contributed by atoms with Crippen LogP contribution in [0.5, 0.6) is 0 Å². The number of carbonyl (C=O) groups is 6. The number of ether oxygens (including phenoxy) is 3. The van der Waals surface area contributed by atoms with Crippen molar-refractivity contribution in [2.24, 2.45) is 10.8 Å². The molecule has 0 bridgehead atoms. The minimum Gasteiger partial charge on any atom is -0.449 e. The molecule has 9 N–H and O–H groups in total. The molecule has 7 spiro atoms. The molecule has 14 heterocycles. The fourth-order valence-corrected chi connectivity index (χ4v) is 19.4. The number of hydrogen-bond donors (Lipinski definition) is 9. The first-order chi connectivity index (χ1) is 49.7. The second-order valence-electron chi connectivity index (χ2n) is 41.4. The molecule has 622 valence electrons. The van der Waals surface area contributed by atoms with Crippen LogP contribution in [0.25, 0.3) is 0 Å². The zero-order chi connectivity index (χ0) is 80.1. The van der Waals surface area contributed by atoms with Gasteiger partial charge in [0.1, 0.15) is 19.8 Å². The average molecular weight is 1540 g/mol. The molecule has 7 amide bonds. The van der Waals surface area contributed by atoms with Crippen molar-refractivity contribution in [3.05, 3.63) is 0 Å². The molecule has 0 aromatic heterocycles. The SMILES string of the molecule is CC(C)(C)N1CCC2(CC1)CNC(=O)C2.CC(C)(C)N1CCC2(CC1)CNC(=O)N2.CC(C)(C)N1CCC2(CC1)CNC(=O)OC2.CC(C)(C)N1CCC2(CC1)CNS(=O)(=O)N2.CC(C)(C)N1CCC2(CC1)COC(=O)N2.CC(C)(C)N1CCC2(CC1)COCC(=O)N2.CC(C)(C)N1CCC2(CCC(=O)N2)CC1. The summed E-state index contributed by atoms with van der Waals surface area (Å²) in [5, 5.41) is 21.0. The van der Waals surface area contributed by atoms with Gasteiger partial charge >= 0.3 is 18.2 Å². The van der Waals surface area contributed by atoms with Gasteiger partial charge in [0.25, 0.3) is 10.2 Å². The molecule has 0 unspecified atom stereocenters. The number of piperidine rings is 7. The van der Waals surface area contributed by atoms with E-state index < -0.39 is 10.2 Å². The minimum absolute atomic E-state index is 0.000733. The van der Waals surface area contributed by atoms with Crippen LogP contribution in [-0.2, 0) is 38.8 Å². The molecule has 27 nitrogen and oxygen atoms in total. The first-order valence-corrected chi connectivity index (χ1v) is 42.6. The van der Waals surface area contributed by atoms with E-state index in [1.54, 1.807) is 0 Å². The molecule has 14 aliphatic heterocycles. The summed E-state index contributed by atoms with van der Waals surface area (Å²) in [4.78, 5) is 84.5. The van der Waals surface area contributed by atoms with Crippen LogP contribution in [-0.4, -0.2) is 289 Å². The third kappa shape index (κ3) is 25.1. The van der Waals surface area contributed by atoms with Gasteiger partial charge in [-0.2, -0.15) is 13.1 Å². The average Bonchev–Trinajstić information content (AvgIpc) is 1.66. The fraction of sp³-hybridized carbons (Fsp3) is 0.925. The lowest BCUT2D eigenvalue weighted by molar-refractivity contribution is -0.137. The Morgan fingerprint density at radius 3 is 0.972 bits per heavy atom. The maximum Gasteiger partial charge on any atom is 0.407 e. The van der Waals surface area contributed by atoms with Crippen molar-refractivity contribution in [2.75, 3.05) is 144 Å². The van der Waals surface area contributed by atoms with Gasteiger partial charge < -0.3 is 51.4 Å². The number of cyclic esters (lactones) is 2. The number of nitrogens with one attached hydrogen (secondary N) is 9. The predicted octanol–water partition coefficient (Wildman–Crippen LogP) is 7.64. The zero-order valence-electron chi connectivity index (χ0n) is 71.1. The van der Waals surface area contributed by atoms with Crippen molar-refractivity contribution in [1.29, 1.82) is 0 Å². The maximum absolute atomic E-state index is 11.4. The van der Waals surface area contributed by atoms with E-state index in [0.29, 0.717) is 31.8 Å². The van der Waals surface area contributed by atoms with Crippen molar-refractivity contribution < 1.29 is 51.4 Å². The van der Waals surface area contributed by atoms with E-state index in [-0.39, 0.29) is 114 Å². The van der Waals surface area contributed by atoms with Crippen molar-refractivity contribution in [3.8, 4) is 0 Å². The van der Waals surface area contributed by atoms with Gasteiger partial charge in [0.15, 0.2) is 0 Å². The molecule has 0 aliphatic carbocycles. The number of rotatable bonds is 0. The Hall–Kier alpha value is -4.23. The first-order valence-electron chi connectivity index (χ1n) is 41.1. The predicted molar refractivity (Wildman–Crippen MR) is 427 cm³/mol. The van der Waals surface area contributed by atoms with Crippen LogP contribution in [0.3, 0.4) is 0 Å². The van der Waals surface area contributed by atoms with Gasteiger partial charge in [0.05, 0.1) is 28.8 Å². The zero-order valence-corrected chi connectivity index (χ0v) is 71.9. The summed E-state index contributed by atoms with van der Waals surface area (Å²) in [7, 11) is -3.23. The van der Waals surface area contributed by atoms with E-state index in [1.807, 2.05) is 0 Å². The first kappa shape index (κ1) is 89.3. The van der Waals surface area contributed by atoms with Gasteiger partial charge in [-0.25, -0.2) is 19.1 Å². The van der Waals surface area contributed by atoms with Crippen molar-refractivity contribution in [3.63, 3.8) is 0 Å². The molecule has 14 rings (SSSR count). The van der Waals surface area contributed by atoms with E-state index in [0.717, 1.165) is 208 Å². The minimum atomic E-state index is -3.23. The molecule has 0 saturated carbocycles. The number of urea groups is 1. The van der Waals surface area contributed by atoms with Crippen LogP contribution >= 0.6 is 0 Å². The Morgan fingerprint density at radius 2 is 0.667 bits per heavy atom. The van der Waals surface area contributed by atoms with E-state index >= 15 is 0 Å². The molecule has 14 aliphatic rings. The molecular weight excluding hydrogens is 1390 g/mol. The van der Waals surface area contributed by atoms with Gasteiger partial charge in [-0.3, -0.25) is 48.7 Å². The number of likely N-dealkylation sites (tertiary alicyclic amines) is 7. The third-order valence-corrected chi connectivity index (χ3v) is 27.4. The quantitative estimate of drug-likeness (QED) is 0.113. The van der Waals surface area contributed by atoms with Gasteiger partial charge in [-0.05, 0) is 273 Å². The normalized spacial score (nSPS) is 27.1. The molecule has 14 fully saturated rings. The van der Waals surface area contributed by atoms with Crippen LogP contribution in [0.15, 0.2) is 0 Å². The maximum atomic E-state index is 11.4. The standard InChI is InChI=1S/2C12H22N2O2.2C12H22N2O.C11H21N3O.C11H20N2O2.C10H21N3O2S/c1-11(2,3)14-6-4-12(5-7-14)8-13-10(15)16-9-12;1-11(2,3)14-6-4-12(5-7-14)9-16-8-10(15)13-12;1-11(2,3)14-6-4-12(5-7-14)8-10(15)13-9-12;1-11(2,3)14-8-6-12(7-9-14)5-4-10(15)13-12;1-10(2,3)14-6-4-11(5-7-14)8-12-9(15)13-11;1-10(2,3)13-6-4-11(5-7-13)8-15-9(14)12-11;1-9(2,3)13-6-4-10(5-7-13)8-11-16(14,15)12-10/h2*4-9H2,1-3H3,(H,13,15);2*4-9H2,1-3H3,(H,13,15);4-8H2,1-3H3,(H2,12,13,15);4-8H2,1-3H3,(H,12,14);11-12H,4-8H2,1-3H3. The summed E-state index contributed by atoms with van der Waals surface area (Å²) in [6.45, 7) is 67.0. The van der Waals surface area contributed by atoms with Gasteiger partial charge in [-0.15, -0.1) is 0 Å². The molecule has 0 radical (unpaired) electrons. The summed E-state index contributed by atoms with van der Waals surface area (Å²) >= 11 is 0. The molecule has 108 heavy (non-hydrogen) atoms. The summed E-state index contributed by atoms with van der Waals surface area (Å²) in [5.41, 5.74) is 1.95. The molecule has 0 aromatic rings. The van der Waals surface area contributed by atoms with E-state index in [9.17, 15) is 37.2 Å². The van der Waals surface area contributed by atoms with Crippen LogP contribution in [0.2, 0.25) is 0 Å². The summed E-state index contributed by atoms with van der Waals surface area (Å²) in [6, 6.07) is -0.000733. The number of nitrogens with zero attached hydrogens (tertiary/aromatic N) is 7. The Kier molecular flexibility index (Phi) is 28.5. The topological polar surface area (TPSA) is 295 Å². The Labute approximate surface area is 651 Å². The monoisotopic (exact) mass is 1540 g/mol. The second-order valence-corrected chi connectivity index (χ2v) is 42.9. The fourth-order valence-electron chi connectivity index (χ4n) is 18.0. The lowest BCUT2D eigenvalue weighted by Crippen LogP contribution is -2.63. The van der Waals surface area contributed by atoms with Crippen molar-refractivity contribution in [1.82, 2.24) is 81.0 Å². The van der Waals surface area contributed by atoms with Crippen molar-refractivity contribution >= 4 is 46.1 Å². The molecule has 0 atom stereocenters. The highest BCUT2D eigenvalue weighted by atomic mass is 32.2. The van der Waals surface area contributed by atoms with Gasteiger partial charge in [-0.1, -0.05) is 0 Å². The van der Waals surface area contributed by atoms with Gasteiger partial charge in [0, 0.05) is 154 Å². The Balaban J connectivity index is 0.000000159. The highest BCUT2D eigenvalue weighted by Gasteiger charge is 2.49. The van der Waals surface area contributed by atoms with Crippen LogP contribution in [0.1, 0.15) is 255 Å². The molecule has 28 heteroatoms. The molecular formula is C80H150N16O11S. The third-order valence-electron chi connectivity index (χ3n) is 26.2. The van der Waals surface area contributed by atoms with Crippen molar-refractivity contribution in [2.45, 2.75) is 321 Å². The Morgan fingerprint density at radius 1 is 0.315 bits per heavy atom. The number of amides is 7. The molecule has 0 aromatic carbocycles. The Bertz CT molecular complexity index is 2880. The van der Waals surface area contributed by atoms with Crippen LogP contribution in [0, 0.1) is 10.8 Å². The highest BCUT2D eigenvalue weighted by molar-refractivity contribution is 7.87. The lowest BCUT2D eigenvalue weighted by atomic mass is 9.77. The number of morpholine rings is 1. The summed E-state index contributed by atoms with van der Waals surface area (Å²) < 4.78 is 43.5. The largest absolute Gasteiger partial charge is 0.449 e. The van der Waals surface area contributed by atoms with E-state index in [1.165, 1.54) is 12.8 Å².